The molecule has 0 aliphatic heterocycles. The Bertz CT molecular complexity index is 1050. The summed E-state index contributed by atoms with van der Waals surface area (Å²) in [6.45, 7) is 28.1. The third kappa shape index (κ3) is 9.89. The summed E-state index contributed by atoms with van der Waals surface area (Å²) < 4.78 is 0. The Balaban J connectivity index is 0.000000930. The van der Waals surface area contributed by atoms with Gasteiger partial charge in [-0.05, 0) is 77.5 Å². The van der Waals surface area contributed by atoms with E-state index in [1.807, 2.05) is 37.3 Å². The Morgan fingerprint density at radius 2 is 1.08 bits per heavy atom. The first kappa shape index (κ1) is 34.1. The normalized spacial score (nSPS) is 11.1. The molecule has 3 rings (SSSR count). The summed E-state index contributed by atoms with van der Waals surface area (Å²) >= 11 is 0. The van der Waals surface area contributed by atoms with Crippen LogP contribution in [0.3, 0.4) is 0 Å². The zero-order valence-electron chi connectivity index (χ0n) is 25.0. The molecule has 0 aliphatic rings. The monoisotopic (exact) mass is 570 g/mol. The molecule has 0 bridgehead atoms. The Morgan fingerprint density at radius 1 is 0.667 bits per heavy atom. The third-order valence-corrected chi connectivity index (χ3v) is 5.94. The van der Waals surface area contributed by atoms with E-state index in [4.69, 9.17) is 0 Å². The molecule has 0 saturated carbocycles. The fourth-order valence-corrected chi connectivity index (χ4v) is 3.75. The van der Waals surface area contributed by atoms with E-state index in [1.54, 1.807) is 0 Å². The minimum atomic E-state index is -0.0424. The van der Waals surface area contributed by atoms with Crippen LogP contribution in [0.15, 0.2) is 48.5 Å². The molecule has 1 nitrogen and oxygen atoms in total. The quantitative estimate of drug-likeness (QED) is 0.229. The molecule has 0 unspecified atom stereocenters. The van der Waals surface area contributed by atoms with Gasteiger partial charge in [-0.15, -0.1) is 0 Å². The summed E-state index contributed by atoms with van der Waals surface area (Å²) in [4.78, 5) is 0. The van der Waals surface area contributed by atoms with Crippen molar-refractivity contribution in [2.75, 3.05) is 0 Å². The van der Waals surface area contributed by atoms with Gasteiger partial charge in [-0.25, -0.2) is 0 Å². The summed E-state index contributed by atoms with van der Waals surface area (Å²) in [5.41, 5.74) is 9.32. The Hall–Kier alpha value is -1.85. The predicted octanol–water partition coefficient (Wildman–Crippen LogP) is 9.99. The number of aromatic hydroxyl groups is 1. The van der Waals surface area contributed by atoms with Crippen LogP contribution in [0.2, 0.25) is 0 Å². The SMILES string of the molecule is C[C-](C)C.Cc1cc(-c2c(C(C)(C)C)cc(C)c(C)c2O)c(C(C)(C)C)cc1C.[Mo+2].[c-]1ccccc1. The topological polar surface area (TPSA) is 20.2 Å². The average Bonchev–Trinajstić information content (AvgIpc) is 2.73. The summed E-state index contributed by atoms with van der Waals surface area (Å²) in [5, 5.41) is 11.1. The molecule has 0 atom stereocenters. The molecule has 0 fully saturated rings. The number of aryl methyl sites for hydroxylation is 3. The van der Waals surface area contributed by atoms with Gasteiger partial charge in [-0.1, -0.05) is 59.7 Å². The van der Waals surface area contributed by atoms with Gasteiger partial charge in [0, 0.05) is 5.56 Å². The van der Waals surface area contributed by atoms with E-state index in [0.717, 1.165) is 16.7 Å². The minimum absolute atomic E-state index is 0. The van der Waals surface area contributed by atoms with Crippen LogP contribution in [0, 0.1) is 39.7 Å². The van der Waals surface area contributed by atoms with Crippen molar-refractivity contribution >= 4 is 0 Å². The molecule has 36 heavy (non-hydrogen) atoms. The zero-order valence-corrected chi connectivity index (χ0v) is 27.0. The van der Waals surface area contributed by atoms with Crippen molar-refractivity contribution in [3.63, 3.8) is 0 Å². The Kier molecular flexibility index (Phi) is 13.5. The van der Waals surface area contributed by atoms with Crippen LogP contribution >= 0.6 is 0 Å². The van der Waals surface area contributed by atoms with Gasteiger partial charge in [0.1, 0.15) is 5.75 Å². The molecule has 0 radical (unpaired) electrons. The van der Waals surface area contributed by atoms with Crippen LogP contribution in [0.5, 0.6) is 5.75 Å². The molecule has 0 spiro atoms. The van der Waals surface area contributed by atoms with E-state index in [0.29, 0.717) is 5.75 Å². The van der Waals surface area contributed by atoms with Gasteiger partial charge in [-0.3, -0.25) is 0 Å². The van der Waals surface area contributed by atoms with Crippen molar-refractivity contribution < 1.29 is 26.2 Å². The van der Waals surface area contributed by atoms with Crippen molar-refractivity contribution in [3.05, 3.63) is 93.9 Å². The van der Waals surface area contributed by atoms with E-state index in [1.165, 1.54) is 33.7 Å². The zero-order chi connectivity index (χ0) is 27.1. The van der Waals surface area contributed by atoms with Crippen LogP contribution in [0.1, 0.15) is 95.7 Å². The molecule has 3 aromatic carbocycles. The van der Waals surface area contributed by atoms with Crippen molar-refractivity contribution in [1.82, 2.24) is 0 Å². The van der Waals surface area contributed by atoms with E-state index in [-0.39, 0.29) is 31.9 Å². The maximum absolute atomic E-state index is 11.1. The van der Waals surface area contributed by atoms with Crippen LogP contribution in [0.4, 0.5) is 0 Å². The first-order chi connectivity index (χ1) is 16.0. The molecular weight excluding hydrogens is 520 g/mol. The van der Waals surface area contributed by atoms with Crippen LogP contribution < -0.4 is 0 Å². The number of hydrogen-bond acceptors (Lipinski definition) is 1. The summed E-state index contributed by atoms with van der Waals surface area (Å²) in [7, 11) is 0. The van der Waals surface area contributed by atoms with Gasteiger partial charge < -0.3 is 11.0 Å². The van der Waals surface area contributed by atoms with Crippen LogP contribution in [-0.4, -0.2) is 5.11 Å². The van der Waals surface area contributed by atoms with Crippen molar-refractivity contribution in [3.8, 4) is 16.9 Å². The second kappa shape index (κ2) is 14.2. The third-order valence-electron chi connectivity index (χ3n) is 5.94. The average molecular weight is 569 g/mol. The van der Waals surface area contributed by atoms with Crippen LogP contribution in [-0.2, 0) is 31.9 Å². The Morgan fingerprint density at radius 3 is 1.44 bits per heavy atom. The molecule has 0 saturated heterocycles. The first-order valence-electron chi connectivity index (χ1n) is 12.6. The summed E-state index contributed by atoms with van der Waals surface area (Å²) in [6, 6.07) is 19.3. The fourth-order valence-electron chi connectivity index (χ4n) is 3.75. The Labute approximate surface area is 237 Å². The van der Waals surface area contributed by atoms with Gasteiger partial charge in [-0.2, -0.15) is 57.2 Å². The molecule has 0 aromatic heterocycles. The van der Waals surface area contributed by atoms with Crippen molar-refractivity contribution in [2.45, 2.75) is 101 Å². The van der Waals surface area contributed by atoms with Gasteiger partial charge in [0.25, 0.3) is 0 Å². The molecule has 0 amide bonds. The maximum Gasteiger partial charge on any atom is 2.00 e. The summed E-state index contributed by atoms with van der Waals surface area (Å²) in [5.74, 6) is 1.85. The number of rotatable bonds is 1. The minimum Gasteiger partial charge on any atom is -0.507 e. The number of hydrogen-bond donors (Lipinski definition) is 1. The van der Waals surface area contributed by atoms with Gasteiger partial charge in [0.05, 0.1) is 0 Å². The molecular formula is C34H48MoO. The van der Waals surface area contributed by atoms with Gasteiger partial charge >= 0.3 is 21.1 Å². The number of phenols is 1. The van der Waals surface area contributed by atoms with E-state index >= 15 is 0 Å². The number of benzene rings is 3. The predicted molar refractivity (Wildman–Crippen MR) is 155 cm³/mol. The molecule has 196 valence electrons. The first-order valence-corrected chi connectivity index (χ1v) is 12.6. The van der Waals surface area contributed by atoms with Gasteiger partial charge in [0.15, 0.2) is 0 Å². The maximum atomic E-state index is 11.1. The van der Waals surface area contributed by atoms with Crippen molar-refractivity contribution in [2.24, 2.45) is 0 Å². The molecule has 3 aromatic rings. The standard InChI is InChI=1S/C24H34O.C6H5.C4H9.Mo/c1-14-11-18(19(12-15(14)2)23(5,6)7)21-20(24(8,9)10)13-16(3)17(4)22(21)25;1-2-4-6-5-3-1;1-4(2)3;/h11-13,25H,1-10H3;1-5H;1-3H3;/q;2*-1;+2. The van der Waals surface area contributed by atoms with Crippen LogP contribution in [0.25, 0.3) is 11.1 Å². The van der Waals surface area contributed by atoms with E-state index in [2.05, 4.69) is 107 Å². The number of phenolic OH excluding ortho intramolecular Hbond substituents is 1. The van der Waals surface area contributed by atoms with E-state index in [9.17, 15) is 5.11 Å². The fraction of sp³-hybridized carbons (Fsp3) is 0.441. The second-order valence-electron chi connectivity index (χ2n) is 12.1. The van der Waals surface area contributed by atoms with Crippen molar-refractivity contribution in [1.29, 1.82) is 0 Å². The molecule has 0 aliphatic carbocycles. The smallest absolute Gasteiger partial charge is 0.507 e. The molecule has 2 heteroatoms. The van der Waals surface area contributed by atoms with E-state index < -0.39 is 0 Å². The second-order valence-corrected chi connectivity index (χ2v) is 12.1. The largest absolute Gasteiger partial charge is 2.00 e. The summed E-state index contributed by atoms with van der Waals surface area (Å²) in [6.07, 6.45) is 0. The van der Waals surface area contributed by atoms with Gasteiger partial charge in [0.2, 0.25) is 0 Å². The molecule has 1 N–H and O–H groups in total. The molecule has 0 heterocycles.